The summed E-state index contributed by atoms with van der Waals surface area (Å²) in [5.41, 5.74) is 5.29. The molecule has 0 aliphatic rings. The number of unbranched alkanes of at least 4 members (excludes halogenated alkanes) is 6. The predicted octanol–water partition coefficient (Wildman–Crippen LogP) is 4.19. The molecule has 0 aromatic rings. The van der Waals surface area contributed by atoms with Gasteiger partial charge in [0.2, 0.25) is 0 Å². The molecule has 0 aromatic carbocycles. The van der Waals surface area contributed by atoms with Crippen LogP contribution in [0.2, 0.25) is 0 Å². The van der Waals surface area contributed by atoms with Crippen LogP contribution in [0.3, 0.4) is 0 Å². The molecule has 0 rings (SSSR count). The van der Waals surface area contributed by atoms with E-state index in [1.54, 1.807) is 0 Å². The van der Waals surface area contributed by atoms with Crippen LogP contribution < -0.4 is 5.73 Å². The summed E-state index contributed by atoms with van der Waals surface area (Å²) in [6, 6.07) is 0. The van der Waals surface area contributed by atoms with Crippen LogP contribution in [-0.4, -0.2) is 18.1 Å². The van der Waals surface area contributed by atoms with Gasteiger partial charge < -0.3 is 10.5 Å². The van der Waals surface area contributed by atoms with E-state index in [1.807, 2.05) is 13.8 Å². The van der Waals surface area contributed by atoms with Gasteiger partial charge in [-0.25, -0.2) is 0 Å². The summed E-state index contributed by atoms with van der Waals surface area (Å²) in [6.07, 6.45) is 10.7. The highest BCUT2D eigenvalue weighted by Crippen LogP contribution is 2.20. The molecule has 0 bridgehead atoms. The summed E-state index contributed by atoms with van der Waals surface area (Å²) >= 11 is 0. The molecule has 3 heteroatoms. The minimum absolute atomic E-state index is 0.0808. The molecule has 0 saturated heterocycles. The van der Waals surface area contributed by atoms with E-state index in [0.717, 1.165) is 25.7 Å². The van der Waals surface area contributed by atoms with Gasteiger partial charge in [0.25, 0.3) is 0 Å². The lowest BCUT2D eigenvalue weighted by Gasteiger charge is -2.30. The normalized spacial score (nSPS) is 11.6. The summed E-state index contributed by atoms with van der Waals surface area (Å²) in [6.45, 7) is 6.69. The zero-order chi connectivity index (χ0) is 14.6. The maximum atomic E-state index is 11.8. The van der Waals surface area contributed by atoms with Gasteiger partial charge in [-0.2, -0.15) is 0 Å². The first kappa shape index (κ1) is 18.4. The Morgan fingerprint density at radius 1 is 0.947 bits per heavy atom. The van der Waals surface area contributed by atoms with E-state index in [4.69, 9.17) is 10.5 Å². The van der Waals surface area contributed by atoms with Gasteiger partial charge in [-0.15, -0.1) is 0 Å². The van der Waals surface area contributed by atoms with Crippen molar-refractivity contribution in [2.24, 2.45) is 5.73 Å². The minimum atomic E-state index is -0.432. The van der Waals surface area contributed by atoms with Gasteiger partial charge in [0.1, 0.15) is 5.60 Å². The second kappa shape index (κ2) is 11.3. The fourth-order valence-corrected chi connectivity index (χ4v) is 2.24. The van der Waals surface area contributed by atoms with E-state index < -0.39 is 5.60 Å². The highest BCUT2D eigenvalue weighted by atomic mass is 16.6. The third-order valence-corrected chi connectivity index (χ3v) is 3.98. The molecule has 19 heavy (non-hydrogen) atoms. The molecule has 114 valence electrons. The van der Waals surface area contributed by atoms with Crippen molar-refractivity contribution in [3.8, 4) is 0 Å². The molecule has 2 N–H and O–H groups in total. The molecular weight excluding hydrogens is 238 g/mol. The topological polar surface area (TPSA) is 52.3 Å². The Bertz CT molecular complexity index is 217. The van der Waals surface area contributed by atoms with Crippen molar-refractivity contribution in [1.82, 2.24) is 0 Å². The van der Waals surface area contributed by atoms with Crippen molar-refractivity contribution in [3.63, 3.8) is 0 Å². The quantitative estimate of drug-likeness (QED) is 0.428. The second-order valence-corrected chi connectivity index (χ2v) is 5.44. The summed E-state index contributed by atoms with van der Waals surface area (Å²) in [4.78, 5) is 11.8. The van der Waals surface area contributed by atoms with Gasteiger partial charge >= 0.3 is 5.97 Å². The third-order valence-electron chi connectivity index (χ3n) is 3.98. The average molecular weight is 271 g/mol. The number of carbonyl (C=O) groups excluding carboxylic acids is 1. The van der Waals surface area contributed by atoms with Crippen LogP contribution in [0.15, 0.2) is 0 Å². The molecule has 0 amide bonds. The Morgan fingerprint density at radius 3 is 1.95 bits per heavy atom. The van der Waals surface area contributed by atoms with Gasteiger partial charge in [0.05, 0.1) is 0 Å². The maximum absolute atomic E-state index is 11.8. The van der Waals surface area contributed by atoms with Crippen molar-refractivity contribution in [3.05, 3.63) is 0 Å². The van der Waals surface area contributed by atoms with Crippen molar-refractivity contribution < 1.29 is 9.53 Å². The third kappa shape index (κ3) is 8.25. The first-order valence-corrected chi connectivity index (χ1v) is 8.06. The van der Waals surface area contributed by atoms with Gasteiger partial charge in [0, 0.05) is 13.0 Å². The molecule has 0 spiro atoms. The monoisotopic (exact) mass is 271 g/mol. The van der Waals surface area contributed by atoms with Gasteiger partial charge in [-0.3, -0.25) is 4.79 Å². The van der Waals surface area contributed by atoms with Crippen molar-refractivity contribution in [1.29, 1.82) is 0 Å². The Morgan fingerprint density at radius 2 is 1.47 bits per heavy atom. The Balaban J connectivity index is 3.69. The number of rotatable bonds is 12. The van der Waals surface area contributed by atoms with Crippen LogP contribution in [0, 0.1) is 0 Å². The molecule has 0 aromatic heterocycles. The molecule has 0 aliphatic carbocycles. The van der Waals surface area contributed by atoms with E-state index in [1.165, 1.54) is 32.1 Å². The average Bonchev–Trinajstić information content (AvgIpc) is 2.44. The SMILES string of the molecule is CCCCCCCCCC(=O)OC(CC)(CC)CN. The molecule has 0 atom stereocenters. The number of hydrogen-bond acceptors (Lipinski definition) is 3. The molecular formula is C16H33NO2. The first-order valence-electron chi connectivity index (χ1n) is 8.06. The molecule has 0 unspecified atom stereocenters. The summed E-state index contributed by atoms with van der Waals surface area (Å²) < 4.78 is 5.57. The van der Waals surface area contributed by atoms with E-state index >= 15 is 0 Å². The number of carbonyl (C=O) groups is 1. The Labute approximate surface area is 119 Å². The zero-order valence-corrected chi connectivity index (χ0v) is 13.2. The maximum Gasteiger partial charge on any atom is 0.306 e. The Kier molecular flexibility index (Phi) is 10.9. The standard InChI is InChI=1S/C16H33NO2/c1-4-7-8-9-10-11-12-13-15(18)19-16(5-2,6-3)14-17/h4-14,17H2,1-3H3. The summed E-state index contributed by atoms with van der Waals surface area (Å²) in [5, 5.41) is 0. The van der Waals surface area contributed by atoms with Crippen molar-refractivity contribution >= 4 is 5.97 Å². The van der Waals surface area contributed by atoms with Crippen molar-refractivity contribution in [2.75, 3.05) is 6.54 Å². The number of hydrogen-bond donors (Lipinski definition) is 1. The lowest BCUT2D eigenvalue weighted by atomic mass is 9.97. The molecule has 0 aliphatic heterocycles. The van der Waals surface area contributed by atoms with E-state index in [2.05, 4.69) is 6.92 Å². The van der Waals surface area contributed by atoms with E-state index in [0.29, 0.717) is 13.0 Å². The lowest BCUT2D eigenvalue weighted by Crippen LogP contribution is -2.41. The largest absolute Gasteiger partial charge is 0.458 e. The Hall–Kier alpha value is -0.570. The number of ether oxygens (including phenoxy) is 1. The first-order chi connectivity index (χ1) is 9.14. The molecule has 0 fully saturated rings. The highest BCUT2D eigenvalue weighted by molar-refractivity contribution is 5.69. The number of esters is 1. The fourth-order valence-electron chi connectivity index (χ4n) is 2.24. The zero-order valence-electron chi connectivity index (χ0n) is 13.2. The summed E-state index contributed by atoms with van der Waals surface area (Å²) in [7, 11) is 0. The highest BCUT2D eigenvalue weighted by Gasteiger charge is 2.28. The van der Waals surface area contributed by atoms with Crippen LogP contribution in [0.25, 0.3) is 0 Å². The second-order valence-electron chi connectivity index (χ2n) is 5.44. The lowest BCUT2D eigenvalue weighted by molar-refractivity contribution is -0.159. The van der Waals surface area contributed by atoms with E-state index in [-0.39, 0.29) is 5.97 Å². The molecule has 3 nitrogen and oxygen atoms in total. The van der Waals surface area contributed by atoms with Crippen LogP contribution >= 0.6 is 0 Å². The van der Waals surface area contributed by atoms with Crippen LogP contribution in [0.4, 0.5) is 0 Å². The van der Waals surface area contributed by atoms with Gasteiger partial charge in [0.15, 0.2) is 0 Å². The molecule has 0 heterocycles. The molecule has 0 radical (unpaired) electrons. The van der Waals surface area contributed by atoms with E-state index in [9.17, 15) is 4.79 Å². The summed E-state index contributed by atoms with van der Waals surface area (Å²) in [5.74, 6) is -0.0808. The minimum Gasteiger partial charge on any atom is -0.458 e. The van der Waals surface area contributed by atoms with Crippen LogP contribution in [0.5, 0.6) is 0 Å². The van der Waals surface area contributed by atoms with Crippen molar-refractivity contribution in [2.45, 2.75) is 90.6 Å². The van der Waals surface area contributed by atoms with Gasteiger partial charge in [-0.1, -0.05) is 59.3 Å². The van der Waals surface area contributed by atoms with Crippen LogP contribution in [-0.2, 0) is 9.53 Å². The molecule has 0 saturated carbocycles. The van der Waals surface area contributed by atoms with Crippen LogP contribution in [0.1, 0.15) is 85.0 Å². The smallest absolute Gasteiger partial charge is 0.306 e. The number of nitrogens with two attached hydrogens (primary N) is 1. The predicted molar refractivity (Wildman–Crippen MR) is 81.1 cm³/mol. The van der Waals surface area contributed by atoms with Gasteiger partial charge in [-0.05, 0) is 19.3 Å². The fraction of sp³-hybridized carbons (Fsp3) is 0.938.